The summed E-state index contributed by atoms with van der Waals surface area (Å²) in [4.78, 5) is 0. The number of nitrogens with one attached hydrogen (secondary N) is 1. The number of hydrogen-bond donors (Lipinski definition) is 1. The van der Waals surface area contributed by atoms with Crippen molar-refractivity contribution in [3.8, 4) is 5.75 Å². The molecule has 2 rings (SSSR count). The molecule has 0 saturated heterocycles. The first-order chi connectivity index (χ1) is 6.85. The monoisotopic (exact) mass is 191 g/mol. The highest BCUT2D eigenvalue weighted by Gasteiger charge is 2.19. The van der Waals surface area contributed by atoms with E-state index in [1.54, 1.807) is 0 Å². The van der Waals surface area contributed by atoms with Crippen LogP contribution in [0.4, 0.5) is 5.69 Å². The highest BCUT2D eigenvalue weighted by atomic mass is 16.5. The van der Waals surface area contributed by atoms with Gasteiger partial charge in [-0.3, -0.25) is 0 Å². The van der Waals surface area contributed by atoms with E-state index in [0.29, 0.717) is 6.10 Å². The third kappa shape index (κ3) is 1.57. The highest BCUT2D eigenvalue weighted by Crippen LogP contribution is 2.33. The van der Waals surface area contributed by atoms with Crippen LogP contribution >= 0.6 is 0 Å². The molecule has 0 aromatic heterocycles. The van der Waals surface area contributed by atoms with Gasteiger partial charge in [0.05, 0.1) is 12.2 Å². The molecule has 0 aliphatic carbocycles. The lowest BCUT2D eigenvalue weighted by molar-refractivity contribution is 0.200. The molecule has 0 bridgehead atoms. The molecule has 0 saturated carbocycles. The van der Waals surface area contributed by atoms with Gasteiger partial charge in [-0.15, -0.1) is 0 Å². The second-order valence-corrected chi connectivity index (χ2v) is 3.68. The van der Waals surface area contributed by atoms with Gasteiger partial charge in [0.15, 0.2) is 0 Å². The van der Waals surface area contributed by atoms with E-state index in [1.807, 2.05) is 0 Å². The summed E-state index contributed by atoms with van der Waals surface area (Å²) in [6.45, 7) is 5.25. The number of aryl methyl sites for hydroxylation is 1. The van der Waals surface area contributed by atoms with Gasteiger partial charge in [-0.1, -0.05) is 26.0 Å². The van der Waals surface area contributed by atoms with Gasteiger partial charge in [0.2, 0.25) is 0 Å². The van der Waals surface area contributed by atoms with Crippen molar-refractivity contribution in [2.75, 3.05) is 11.9 Å². The summed E-state index contributed by atoms with van der Waals surface area (Å²) < 4.78 is 5.94. The van der Waals surface area contributed by atoms with Crippen molar-refractivity contribution in [2.45, 2.75) is 32.8 Å². The van der Waals surface area contributed by atoms with Crippen molar-refractivity contribution in [1.82, 2.24) is 0 Å². The predicted molar refractivity (Wildman–Crippen MR) is 59.0 cm³/mol. The van der Waals surface area contributed by atoms with Gasteiger partial charge in [0.25, 0.3) is 0 Å². The minimum absolute atomic E-state index is 0.329. The van der Waals surface area contributed by atoms with Crippen molar-refractivity contribution in [3.05, 3.63) is 23.8 Å². The van der Waals surface area contributed by atoms with Gasteiger partial charge >= 0.3 is 0 Å². The summed E-state index contributed by atoms with van der Waals surface area (Å²) >= 11 is 0. The van der Waals surface area contributed by atoms with Crippen LogP contribution in [0.1, 0.15) is 25.8 Å². The molecule has 0 radical (unpaired) electrons. The molecule has 1 unspecified atom stereocenters. The van der Waals surface area contributed by atoms with Gasteiger partial charge < -0.3 is 10.1 Å². The van der Waals surface area contributed by atoms with Crippen molar-refractivity contribution in [1.29, 1.82) is 0 Å². The number of hydrogen-bond acceptors (Lipinski definition) is 2. The molecule has 1 heterocycles. The van der Waals surface area contributed by atoms with Crippen LogP contribution in [0.15, 0.2) is 18.2 Å². The third-order valence-electron chi connectivity index (χ3n) is 2.74. The van der Waals surface area contributed by atoms with Crippen LogP contribution in [0, 0.1) is 0 Å². The molecule has 1 aliphatic rings. The Morgan fingerprint density at radius 2 is 2.29 bits per heavy atom. The summed E-state index contributed by atoms with van der Waals surface area (Å²) in [7, 11) is 0. The largest absolute Gasteiger partial charge is 0.486 e. The maximum absolute atomic E-state index is 5.94. The quantitative estimate of drug-likeness (QED) is 0.776. The summed E-state index contributed by atoms with van der Waals surface area (Å²) in [6, 6.07) is 6.30. The van der Waals surface area contributed by atoms with Crippen LogP contribution < -0.4 is 10.1 Å². The Hall–Kier alpha value is -1.18. The fourth-order valence-corrected chi connectivity index (χ4v) is 1.80. The first-order valence-electron chi connectivity index (χ1n) is 5.37. The van der Waals surface area contributed by atoms with Crippen molar-refractivity contribution >= 4 is 5.69 Å². The molecule has 1 aromatic rings. The molecule has 0 spiro atoms. The zero-order valence-electron chi connectivity index (χ0n) is 8.84. The number of para-hydroxylation sites is 1. The van der Waals surface area contributed by atoms with Crippen molar-refractivity contribution in [3.63, 3.8) is 0 Å². The van der Waals surface area contributed by atoms with E-state index < -0.39 is 0 Å². The Kier molecular flexibility index (Phi) is 2.62. The Bertz CT molecular complexity index is 308. The van der Waals surface area contributed by atoms with E-state index in [2.05, 4.69) is 37.4 Å². The van der Waals surface area contributed by atoms with E-state index in [9.17, 15) is 0 Å². The van der Waals surface area contributed by atoms with E-state index in [-0.39, 0.29) is 0 Å². The lowest BCUT2D eigenvalue weighted by atomic mass is 10.1. The van der Waals surface area contributed by atoms with Crippen LogP contribution in [0.25, 0.3) is 0 Å². The van der Waals surface area contributed by atoms with Crippen LogP contribution in [-0.4, -0.2) is 12.6 Å². The lowest BCUT2D eigenvalue weighted by Gasteiger charge is -2.28. The summed E-state index contributed by atoms with van der Waals surface area (Å²) in [6.07, 6.45) is 2.42. The Morgan fingerprint density at radius 3 is 3.00 bits per heavy atom. The number of fused-ring (bicyclic) bond motifs is 1. The molecule has 1 atom stereocenters. The Balaban J connectivity index is 2.33. The average Bonchev–Trinajstić information content (AvgIpc) is 2.27. The van der Waals surface area contributed by atoms with Gasteiger partial charge in [0, 0.05) is 0 Å². The average molecular weight is 191 g/mol. The second-order valence-electron chi connectivity index (χ2n) is 3.68. The lowest BCUT2D eigenvalue weighted by Crippen LogP contribution is -2.30. The molecule has 0 amide bonds. The van der Waals surface area contributed by atoms with Crippen molar-refractivity contribution < 1.29 is 4.74 Å². The smallest absolute Gasteiger partial charge is 0.146 e. The molecule has 14 heavy (non-hydrogen) atoms. The van der Waals surface area contributed by atoms with Crippen LogP contribution in [0.2, 0.25) is 0 Å². The number of anilines is 1. The molecule has 0 fully saturated rings. The number of benzene rings is 1. The fraction of sp³-hybridized carbons (Fsp3) is 0.500. The third-order valence-corrected chi connectivity index (χ3v) is 2.74. The molecule has 1 aromatic carbocycles. The van der Waals surface area contributed by atoms with Gasteiger partial charge in [-0.2, -0.15) is 0 Å². The molecule has 1 aliphatic heterocycles. The molecular weight excluding hydrogens is 174 g/mol. The summed E-state index contributed by atoms with van der Waals surface area (Å²) in [5.74, 6) is 1.06. The van der Waals surface area contributed by atoms with Gasteiger partial charge in [-0.25, -0.2) is 0 Å². The molecule has 1 N–H and O–H groups in total. The molecule has 76 valence electrons. The number of rotatable bonds is 2. The van der Waals surface area contributed by atoms with E-state index in [0.717, 1.165) is 30.8 Å². The van der Waals surface area contributed by atoms with Crippen molar-refractivity contribution in [2.24, 2.45) is 0 Å². The SMILES string of the molecule is CCc1cccc2c1OC(CC)CN2. The summed E-state index contributed by atoms with van der Waals surface area (Å²) in [5, 5.41) is 3.41. The van der Waals surface area contributed by atoms with E-state index in [4.69, 9.17) is 4.74 Å². The standard InChI is InChI=1S/C12H17NO/c1-3-9-6-5-7-11-12(9)14-10(4-2)8-13-11/h5-7,10,13H,3-4,8H2,1-2H3. The zero-order valence-corrected chi connectivity index (χ0v) is 8.84. The molecule has 2 heteroatoms. The normalized spacial score (nSPS) is 19.4. The molecular formula is C12H17NO. The predicted octanol–water partition coefficient (Wildman–Crippen LogP) is 2.83. The van der Waals surface area contributed by atoms with Gasteiger partial charge in [-0.05, 0) is 24.5 Å². The highest BCUT2D eigenvalue weighted by molar-refractivity contribution is 5.61. The first-order valence-corrected chi connectivity index (χ1v) is 5.37. The number of ether oxygens (including phenoxy) is 1. The minimum atomic E-state index is 0.329. The maximum atomic E-state index is 5.94. The maximum Gasteiger partial charge on any atom is 0.146 e. The first kappa shape index (κ1) is 9.38. The Morgan fingerprint density at radius 1 is 1.43 bits per heavy atom. The van der Waals surface area contributed by atoms with Crippen LogP contribution in [0.3, 0.4) is 0 Å². The van der Waals surface area contributed by atoms with E-state index >= 15 is 0 Å². The second kappa shape index (κ2) is 3.91. The van der Waals surface area contributed by atoms with Crippen LogP contribution in [0.5, 0.6) is 5.75 Å². The molecule has 2 nitrogen and oxygen atoms in total. The minimum Gasteiger partial charge on any atom is -0.486 e. The Labute approximate surface area is 85.3 Å². The fourth-order valence-electron chi connectivity index (χ4n) is 1.80. The topological polar surface area (TPSA) is 21.3 Å². The van der Waals surface area contributed by atoms with Gasteiger partial charge in [0.1, 0.15) is 11.9 Å². The zero-order chi connectivity index (χ0) is 9.97. The summed E-state index contributed by atoms with van der Waals surface area (Å²) in [5.41, 5.74) is 2.45. The van der Waals surface area contributed by atoms with Crippen LogP contribution in [-0.2, 0) is 6.42 Å². The van der Waals surface area contributed by atoms with E-state index in [1.165, 1.54) is 5.56 Å².